The summed E-state index contributed by atoms with van der Waals surface area (Å²) < 4.78 is 14.4. The molecule has 0 aliphatic heterocycles. The molecule has 86 valence electrons. The van der Waals surface area contributed by atoms with Gasteiger partial charge in [-0.1, -0.05) is 12.1 Å². The Morgan fingerprint density at radius 2 is 1.94 bits per heavy atom. The summed E-state index contributed by atoms with van der Waals surface area (Å²) in [5.41, 5.74) is 8.84. The first-order valence-electron chi connectivity index (χ1n) is 6.28. The average Bonchev–Trinajstić information content (AvgIpc) is 3.11. The highest BCUT2D eigenvalue weighted by molar-refractivity contribution is 5.42. The van der Waals surface area contributed by atoms with Crippen molar-refractivity contribution >= 4 is 0 Å². The SMILES string of the molecule is NCC1(c2ccc3c(c2F)CCCC3)CC1. The summed E-state index contributed by atoms with van der Waals surface area (Å²) >= 11 is 0. The van der Waals surface area contributed by atoms with Crippen molar-refractivity contribution in [1.82, 2.24) is 0 Å². The number of nitrogens with two attached hydrogens (primary N) is 1. The molecular formula is C14H18FN. The second kappa shape index (κ2) is 3.56. The molecule has 2 aliphatic carbocycles. The van der Waals surface area contributed by atoms with Crippen LogP contribution in [0.5, 0.6) is 0 Å². The van der Waals surface area contributed by atoms with E-state index in [9.17, 15) is 4.39 Å². The predicted molar refractivity (Wildman–Crippen MR) is 63.0 cm³/mol. The van der Waals surface area contributed by atoms with Crippen molar-refractivity contribution in [2.45, 2.75) is 43.9 Å². The molecular weight excluding hydrogens is 201 g/mol. The lowest BCUT2D eigenvalue weighted by atomic mass is 9.85. The van der Waals surface area contributed by atoms with Crippen molar-refractivity contribution in [3.63, 3.8) is 0 Å². The third-order valence-corrected chi connectivity index (χ3v) is 4.28. The van der Waals surface area contributed by atoms with E-state index in [0.29, 0.717) is 6.54 Å². The molecule has 2 aliphatic rings. The molecule has 16 heavy (non-hydrogen) atoms. The molecule has 1 fully saturated rings. The van der Waals surface area contributed by atoms with E-state index in [0.717, 1.165) is 43.2 Å². The number of aryl methyl sites for hydroxylation is 1. The maximum Gasteiger partial charge on any atom is 0.130 e. The van der Waals surface area contributed by atoms with Crippen molar-refractivity contribution in [3.05, 3.63) is 34.6 Å². The predicted octanol–water partition coefficient (Wildman–Crippen LogP) is 2.69. The van der Waals surface area contributed by atoms with Crippen LogP contribution in [0.1, 0.15) is 42.4 Å². The first-order valence-corrected chi connectivity index (χ1v) is 6.28. The summed E-state index contributed by atoms with van der Waals surface area (Å²) in [5.74, 6) is 0.0557. The van der Waals surface area contributed by atoms with Gasteiger partial charge in [0.05, 0.1) is 0 Å². The molecule has 0 radical (unpaired) electrons. The van der Waals surface area contributed by atoms with Gasteiger partial charge in [-0.25, -0.2) is 4.39 Å². The highest BCUT2D eigenvalue weighted by Crippen LogP contribution is 2.49. The summed E-state index contributed by atoms with van der Waals surface area (Å²) in [6.07, 6.45) is 6.40. The van der Waals surface area contributed by atoms with Gasteiger partial charge in [0.15, 0.2) is 0 Å². The third-order valence-electron chi connectivity index (χ3n) is 4.28. The van der Waals surface area contributed by atoms with Gasteiger partial charge in [-0.15, -0.1) is 0 Å². The molecule has 1 nitrogen and oxygen atoms in total. The second-order valence-electron chi connectivity index (χ2n) is 5.26. The Balaban J connectivity index is 2.07. The molecule has 2 heteroatoms. The molecule has 0 atom stereocenters. The normalized spacial score (nSPS) is 21.6. The number of hydrogen-bond donors (Lipinski definition) is 1. The molecule has 1 saturated carbocycles. The Labute approximate surface area is 95.8 Å². The van der Waals surface area contributed by atoms with Crippen LogP contribution in [0, 0.1) is 5.82 Å². The smallest absolute Gasteiger partial charge is 0.130 e. The Morgan fingerprint density at radius 1 is 1.19 bits per heavy atom. The van der Waals surface area contributed by atoms with Gasteiger partial charge in [0.2, 0.25) is 0 Å². The number of hydrogen-bond acceptors (Lipinski definition) is 1. The standard InChI is InChI=1S/C14H18FN/c15-13-11-4-2-1-3-10(11)5-6-12(13)14(9-16)7-8-14/h5-6H,1-4,7-9,16H2. The van der Waals surface area contributed by atoms with Gasteiger partial charge in [-0.2, -0.15) is 0 Å². The van der Waals surface area contributed by atoms with Crippen LogP contribution < -0.4 is 5.73 Å². The lowest BCUT2D eigenvalue weighted by molar-refractivity contribution is 0.541. The van der Waals surface area contributed by atoms with E-state index < -0.39 is 0 Å². The first-order chi connectivity index (χ1) is 7.77. The van der Waals surface area contributed by atoms with Crippen LogP contribution in [0.3, 0.4) is 0 Å². The molecule has 3 rings (SSSR count). The Kier molecular flexibility index (Phi) is 2.28. The highest BCUT2D eigenvalue weighted by Gasteiger charge is 2.45. The van der Waals surface area contributed by atoms with Gasteiger partial charge in [0, 0.05) is 12.0 Å². The largest absolute Gasteiger partial charge is 0.330 e. The zero-order valence-electron chi connectivity index (χ0n) is 9.56. The van der Waals surface area contributed by atoms with Crippen LogP contribution in [0.2, 0.25) is 0 Å². The zero-order chi connectivity index (χ0) is 11.2. The summed E-state index contributed by atoms with van der Waals surface area (Å²) in [7, 11) is 0. The zero-order valence-corrected chi connectivity index (χ0v) is 9.56. The molecule has 0 unspecified atom stereocenters. The van der Waals surface area contributed by atoms with Crippen LogP contribution in [0.25, 0.3) is 0 Å². The number of rotatable bonds is 2. The van der Waals surface area contributed by atoms with Crippen LogP contribution in [-0.2, 0) is 18.3 Å². The molecule has 0 amide bonds. The minimum atomic E-state index is -0.0173. The van der Waals surface area contributed by atoms with Gasteiger partial charge in [0.1, 0.15) is 5.82 Å². The lowest BCUT2D eigenvalue weighted by Crippen LogP contribution is -2.22. The van der Waals surface area contributed by atoms with Crippen LogP contribution >= 0.6 is 0 Å². The first kappa shape index (κ1) is 10.3. The minimum Gasteiger partial charge on any atom is -0.330 e. The summed E-state index contributed by atoms with van der Waals surface area (Å²) in [6.45, 7) is 0.586. The van der Waals surface area contributed by atoms with Gasteiger partial charge in [-0.3, -0.25) is 0 Å². The monoisotopic (exact) mass is 219 g/mol. The van der Waals surface area contributed by atoms with E-state index in [1.165, 1.54) is 12.0 Å². The van der Waals surface area contributed by atoms with E-state index in [4.69, 9.17) is 5.73 Å². The van der Waals surface area contributed by atoms with Crippen molar-refractivity contribution in [3.8, 4) is 0 Å². The number of benzene rings is 1. The number of halogens is 1. The molecule has 0 bridgehead atoms. The van der Waals surface area contributed by atoms with Gasteiger partial charge >= 0.3 is 0 Å². The topological polar surface area (TPSA) is 26.0 Å². The van der Waals surface area contributed by atoms with E-state index in [2.05, 4.69) is 6.07 Å². The highest BCUT2D eigenvalue weighted by atomic mass is 19.1. The van der Waals surface area contributed by atoms with Crippen molar-refractivity contribution < 1.29 is 4.39 Å². The molecule has 2 N–H and O–H groups in total. The quantitative estimate of drug-likeness (QED) is 0.813. The molecule has 1 aromatic carbocycles. The summed E-state index contributed by atoms with van der Waals surface area (Å²) in [6, 6.07) is 4.11. The summed E-state index contributed by atoms with van der Waals surface area (Å²) in [4.78, 5) is 0. The maximum absolute atomic E-state index is 14.4. The molecule has 0 aromatic heterocycles. The van der Waals surface area contributed by atoms with Crippen LogP contribution in [-0.4, -0.2) is 6.54 Å². The second-order valence-corrected chi connectivity index (χ2v) is 5.26. The van der Waals surface area contributed by atoms with E-state index >= 15 is 0 Å². The molecule has 0 heterocycles. The Bertz CT molecular complexity index is 421. The maximum atomic E-state index is 14.4. The molecule has 1 aromatic rings. The van der Waals surface area contributed by atoms with Crippen LogP contribution in [0.4, 0.5) is 4.39 Å². The van der Waals surface area contributed by atoms with Crippen molar-refractivity contribution in [1.29, 1.82) is 0 Å². The summed E-state index contributed by atoms with van der Waals surface area (Å²) in [5, 5.41) is 0. The van der Waals surface area contributed by atoms with Crippen molar-refractivity contribution in [2.24, 2.45) is 5.73 Å². The number of fused-ring (bicyclic) bond motifs is 1. The fraction of sp³-hybridized carbons (Fsp3) is 0.571. The minimum absolute atomic E-state index is 0.0173. The average molecular weight is 219 g/mol. The lowest BCUT2D eigenvalue weighted by Gasteiger charge is -2.21. The van der Waals surface area contributed by atoms with Crippen LogP contribution in [0.15, 0.2) is 12.1 Å². The van der Waals surface area contributed by atoms with E-state index in [1.54, 1.807) is 0 Å². The fourth-order valence-corrected chi connectivity index (χ4v) is 2.93. The van der Waals surface area contributed by atoms with Crippen molar-refractivity contribution in [2.75, 3.05) is 6.54 Å². The third kappa shape index (κ3) is 1.40. The van der Waals surface area contributed by atoms with Gasteiger partial charge < -0.3 is 5.73 Å². The van der Waals surface area contributed by atoms with Gasteiger partial charge in [-0.05, 0) is 55.2 Å². The molecule has 0 saturated heterocycles. The fourth-order valence-electron chi connectivity index (χ4n) is 2.93. The van der Waals surface area contributed by atoms with E-state index in [-0.39, 0.29) is 11.2 Å². The van der Waals surface area contributed by atoms with Gasteiger partial charge in [0.25, 0.3) is 0 Å². The molecule has 0 spiro atoms. The Hall–Kier alpha value is -0.890. The van der Waals surface area contributed by atoms with E-state index in [1.807, 2.05) is 6.07 Å². The Morgan fingerprint density at radius 3 is 2.62 bits per heavy atom.